The fourth-order valence-corrected chi connectivity index (χ4v) is 2.58. The predicted molar refractivity (Wildman–Crippen MR) is 69.5 cm³/mol. The van der Waals surface area contributed by atoms with Gasteiger partial charge in [0, 0.05) is 18.2 Å². The van der Waals surface area contributed by atoms with Crippen molar-refractivity contribution in [1.82, 2.24) is 0 Å². The smallest absolute Gasteiger partial charge is 0.0841 e. The molecular weight excluding hydrogens is 236 g/mol. The summed E-state index contributed by atoms with van der Waals surface area (Å²) in [5, 5.41) is 10.7. The van der Waals surface area contributed by atoms with Crippen LogP contribution in [0.2, 0.25) is 5.02 Å². The Morgan fingerprint density at radius 1 is 1.29 bits per heavy atom. The van der Waals surface area contributed by atoms with E-state index in [0.717, 1.165) is 36.6 Å². The zero-order valence-electron chi connectivity index (χ0n) is 10.4. The molecule has 0 unspecified atom stereocenters. The first kappa shape index (κ1) is 12.9. The standard InChI is InChI=1S/C14H19ClO2/c1-14(2,16)11-3-4-12(13(15)9-11)10-5-7-17-8-6-10/h3-4,9-10,16H,5-8H2,1-2H3. The summed E-state index contributed by atoms with van der Waals surface area (Å²) in [5.41, 5.74) is 1.21. The lowest BCUT2D eigenvalue weighted by Crippen LogP contribution is -2.17. The average molecular weight is 255 g/mol. The molecule has 3 heteroatoms. The van der Waals surface area contributed by atoms with Crippen molar-refractivity contribution in [1.29, 1.82) is 0 Å². The first-order valence-electron chi connectivity index (χ1n) is 6.08. The summed E-state index contributed by atoms with van der Waals surface area (Å²) in [5.74, 6) is 0.493. The highest BCUT2D eigenvalue weighted by Crippen LogP contribution is 2.34. The first-order valence-corrected chi connectivity index (χ1v) is 6.46. The van der Waals surface area contributed by atoms with Gasteiger partial charge in [-0.2, -0.15) is 0 Å². The van der Waals surface area contributed by atoms with Crippen LogP contribution in [-0.4, -0.2) is 18.3 Å². The van der Waals surface area contributed by atoms with Gasteiger partial charge in [0.1, 0.15) is 0 Å². The number of halogens is 1. The molecule has 1 N–H and O–H groups in total. The van der Waals surface area contributed by atoms with Crippen LogP contribution >= 0.6 is 11.6 Å². The van der Waals surface area contributed by atoms with Gasteiger partial charge in [-0.25, -0.2) is 0 Å². The summed E-state index contributed by atoms with van der Waals surface area (Å²) < 4.78 is 5.36. The molecular formula is C14H19ClO2. The second kappa shape index (κ2) is 4.97. The average Bonchev–Trinajstić information content (AvgIpc) is 2.29. The third kappa shape index (κ3) is 3.01. The Morgan fingerprint density at radius 3 is 2.47 bits per heavy atom. The van der Waals surface area contributed by atoms with Crippen LogP contribution in [0.25, 0.3) is 0 Å². The third-order valence-electron chi connectivity index (χ3n) is 3.37. The Morgan fingerprint density at radius 2 is 1.94 bits per heavy atom. The number of benzene rings is 1. The molecule has 1 aromatic rings. The minimum Gasteiger partial charge on any atom is -0.386 e. The van der Waals surface area contributed by atoms with Crippen molar-refractivity contribution < 1.29 is 9.84 Å². The first-order chi connectivity index (χ1) is 7.98. The minimum atomic E-state index is -0.835. The van der Waals surface area contributed by atoms with E-state index in [4.69, 9.17) is 16.3 Å². The molecule has 1 aliphatic rings. The van der Waals surface area contributed by atoms with Crippen molar-refractivity contribution in [3.05, 3.63) is 34.3 Å². The molecule has 17 heavy (non-hydrogen) atoms. The van der Waals surface area contributed by atoms with Gasteiger partial charge in [-0.3, -0.25) is 0 Å². The topological polar surface area (TPSA) is 29.5 Å². The number of ether oxygens (including phenoxy) is 1. The molecule has 0 atom stereocenters. The van der Waals surface area contributed by atoms with E-state index in [1.807, 2.05) is 18.2 Å². The van der Waals surface area contributed by atoms with Gasteiger partial charge in [0.2, 0.25) is 0 Å². The molecule has 1 saturated heterocycles. The SMILES string of the molecule is CC(C)(O)c1ccc(C2CCOCC2)c(Cl)c1. The summed E-state index contributed by atoms with van der Waals surface area (Å²) >= 11 is 6.32. The summed E-state index contributed by atoms with van der Waals surface area (Å²) in [4.78, 5) is 0. The normalized spacial score (nSPS) is 18.4. The summed E-state index contributed by atoms with van der Waals surface area (Å²) in [6.45, 7) is 5.17. The highest BCUT2D eigenvalue weighted by atomic mass is 35.5. The molecule has 94 valence electrons. The summed E-state index contributed by atoms with van der Waals surface area (Å²) in [6.07, 6.45) is 2.06. The zero-order chi connectivity index (χ0) is 12.5. The molecule has 0 radical (unpaired) electrons. The van der Waals surface area contributed by atoms with Gasteiger partial charge in [0.05, 0.1) is 5.60 Å². The lowest BCUT2D eigenvalue weighted by Gasteiger charge is -2.25. The van der Waals surface area contributed by atoms with Crippen LogP contribution in [0, 0.1) is 0 Å². The third-order valence-corrected chi connectivity index (χ3v) is 3.70. The lowest BCUT2D eigenvalue weighted by molar-refractivity contribution is 0.0782. The van der Waals surface area contributed by atoms with Crippen LogP contribution in [-0.2, 0) is 10.3 Å². The summed E-state index contributed by atoms with van der Waals surface area (Å²) in [7, 11) is 0. The molecule has 2 nitrogen and oxygen atoms in total. The van der Waals surface area contributed by atoms with E-state index >= 15 is 0 Å². The van der Waals surface area contributed by atoms with Gasteiger partial charge in [0.25, 0.3) is 0 Å². The molecule has 0 amide bonds. The largest absolute Gasteiger partial charge is 0.386 e. The van der Waals surface area contributed by atoms with Crippen molar-refractivity contribution in [2.24, 2.45) is 0 Å². The molecule has 0 aromatic heterocycles. The Balaban J connectivity index is 2.25. The lowest BCUT2D eigenvalue weighted by atomic mass is 9.89. The van der Waals surface area contributed by atoms with Gasteiger partial charge >= 0.3 is 0 Å². The van der Waals surface area contributed by atoms with Crippen LogP contribution in [0.3, 0.4) is 0 Å². The number of aliphatic hydroxyl groups is 1. The maximum Gasteiger partial charge on any atom is 0.0841 e. The Kier molecular flexibility index (Phi) is 3.76. The number of hydrogen-bond acceptors (Lipinski definition) is 2. The molecule has 1 fully saturated rings. The van der Waals surface area contributed by atoms with Crippen molar-refractivity contribution >= 4 is 11.6 Å². The fraction of sp³-hybridized carbons (Fsp3) is 0.571. The second-order valence-corrected chi connectivity index (χ2v) is 5.59. The van der Waals surface area contributed by atoms with E-state index in [1.165, 1.54) is 5.56 Å². The molecule has 2 rings (SSSR count). The molecule has 1 aliphatic heterocycles. The molecule has 1 aromatic carbocycles. The van der Waals surface area contributed by atoms with E-state index in [1.54, 1.807) is 13.8 Å². The summed E-state index contributed by atoms with van der Waals surface area (Å²) in [6, 6.07) is 5.90. The zero-order valence-corrected chi connectivity index (χ0v) is 11.1. The Hall–Kier alpha value is -0.570. The Labute approximate surface area is 108 Å². The van der Waals surface area contributed by atoms with Crippen LogP contribution in [0.15, 0.2) is 18.2 Å². The van der Waals surface area contributed by atoms with Crippen molar-refractivity contribution in [2.45, 2.75) is 38.2 Å². The van der Waals surface area contributed by atoms with Gasteiger partial charge < -0.3 is 9.84 Å². The highest BCUT2D eigenvalue weighted by molar-refractivity contribution is 6.31. The van der Waals surface area contributed by atoms with E-state index in [9.17, 15) is 5.11 Å². The van der Waals surface area contributed by atoms with Crippen LogP contribution < -0.4 is 0 Å². The minimum absolute atomic E-state index is 0.493. The number of hydrogen-bond donors (Lipinski definition) is 1. The predicted octanol–water partition coefficient (Wildman–Crippen LogP) is 3.46. The number of rotatable bonds is 2. The van der Waals surface area contributed by atoms with Gasteiger partial charge in [0.15, 0.2) is 0 Å². The van der Waals surface area contributed by atoms with Crippen molar-refractivity contribution in [3.63, 3.8) is 0 Å². The van der Waals surface area contributed by atoms with Gasteiger partial charge in [-0.15, -0.1) is 0 Å². The van der Waals surface area contributed by atoms with Crippen LogP contribution in [0.4, 0.5) is 0 Å². The Bertz CT molecular complexity index is 390. The highest BCUT2D eigenvalue weighted by Gasteiger charge is 2.21. The molecule has 1 heterocycles. The second-order valence-electron chi connectivity index (χ2n) is 5.18. The fourth-order valence-electron chi connectivity index (χ4n) is 2.25. The van der Waals surface area contributed by atoms with Crippen LogP contribution in [0.1, 0.15) is 43.7 Å². The van der Waals surface area contributed by atoms with E-state index in [2.05, 4.69) is 0 Å². The van der Waals surface area contributed by atoms with Crippen molar-refractivity contribution in [3.8, 4) is 0 Å². The monoisotopic (exact) mass is 254 g/mol. The van der Waals surface area contributed by atoms with E-state index in [0.29, 0.717) is 5.92 Å². The molecule has 0 bridgehead atoms. The quantitative estimate of drug-likeness (QED) is 0.876. The van der Waals surface area contributed by atoms with Crippen LogP contribution in [0.5, 0.6) is 0 Å². The van der Waals surface area contributed by atoms with Crippen molar-refractivity contribution in [2.75, 3.05) is 13.2 Å². The maximum absolute atomic E-state index is 9.94. The van der Waals surface area contributed by atoms with Gasteiger partial charge in [-0.05, 0) is 49.8 Å². The molecule has 0 aliphatic carbocycles. The maximum atomic E-state index is 9.94. The van der Waals surface area contributed by atoms with Gasteiger partial charge in [-0.1, -0.05) is 23.7 Å². The molecule has 0 saturated carbocycles. The molecule has 0 spiro atoms. The van der Waals surface area contributed by atoms with E-state index < -0.39 is 5.60 Å². The van der Waals surface area contributed by atoms with E-state index in [-0.39, 0.29) is 0 Å².